The number of rotatable bonds is 6. The van der Waals surface area contributed by atoms with Gasteiger partial charge in [-0.05, 0) is 24.3 Å². The van der Waals surface area contributed by atoms with Crippen molar-refractivity contribution in [3.63, 3.8) is 0 Å². The summed E-state index contributed by atoms with van der Waals surface area (Å²) in [6.07, 6.45) is 0. The topological polar surface area (TPSA) is 42.4 Å². The Labute approximate surface area is 157 Å². The molecule has 1 amide bonds. The Balaban J connectivity index is 1.57. The Kier molecular flexibility index (Phi) is 5.67. The van der Waals surface area contributed by atoms with Gasteiger partial charge in [-0.15, -0.1) is 22.7 Å². The minimum absolute atomic E-state index is 0.175. The van der Waals surface area contributed by atoms with Gasteiger partial charge in [0.05, 0.1) is 15.8 Å². The zero-order chi connectivity index (χ0) is 17.8. The number of aromatic nitrogens is 1. The summed E-state index contributed by atoms with van der Waals surface area (Å²) in [6, 6.07) is 9.86. The molecule has 4 nitrogen and oxygen atoms in total. The average Bonchev–Trinajstić information content (AvgIpc) is 3.24. The normalized spacial score (nSPS) is 10.7. The molecule has 0 fully saturated rings. The second-order valence-corrected chi connectivity index (χ2v) is 7.72. The number of halogens is 2. The van der Waals surface area contributed by atoms with E-state index in [-0.39, 0.29) is 18.3 Å². The lowest BCUT2D eigenvalue weighted by Crippen LogP contribution is -2.31. The molecule has 130 valence electrons. The van der Waals surface area contributed by atoms with Gasteiger partial charge in [-0.25, -0.2) is 9.37 Å². The molecule has 0 aliphatic heterocycles. The van der Waals surface area contributed by atoms with Gasteiger partial charge in [0.1, 0.15) is 17.3 Å². The predicted octanol–water partition coefficient (Wildman–Crippen LogP) is 4.82. The van der Waals surface area contributed by atoms with Gasteiger partial charge in [0, 0.05) is 12.4 Å². The van der Waals surface area contributed by atoms with Crippen molar-refractivity contribution >= 4 is 40.2 Å². The van der Waals surface area contributed by atoms with Crippen molar-refractivity contribution in [3.05, 3.63) is 57.6 Å². The van der Waals surface area contributed by atoms with Gasteiger partial charge in [0.2, 0.25) is 0 Å². The highest BCUT2D eigenvalue weighted by atomic mass is 35.5. The summed E-state index contributed by atoms with van der Waals surface area (Å²) in [6.45, 7) is 0.519. The minimum atomic E-state index is -0.421. The summed E-state index contributed by atoms with van der Waals surface area (Å²) in [5, 5.41) is 2.48. The van der Waals surface area contributed by atoms with Gasteiger partial charge in [0.25, 0.3) is 5.91 Å². The maximum Gasteiger partial charge on any atom is 0.273 e. The first kappa shape index (κ1) is 17.8. The molecule has 0 saturated heterocycles. The molecule has 8 heteroatoms. The third-order valence-corrected chi connectivity index (χ3v) is 5.62. The Morgan fingerprint density at radius 2 is 2.12 bits per heavy atom. The molecular formula is C17H14ClFN2O2S2. The highest BCUT2D eigenvalue weighted by Crippen LogP contribution is 2.33. The zero-order valence-corrected chi connectivity index (χ0v) is 15.6. The Bertz CT molecular complexity index is 881. The predicted molar refractivity (Wildman–Crippen MR) is 99.3 cm³/mol. The first-order valence-electron chi connectivity index (χ1n) is 7.38. The number of thiazole rings is 1. The van der Waals surface area contributed by atoms with E-state index in [1.165, 1.54) is 33.6 Å². The minimum Gasteiger partial charge on any atom is -0.489 e. The number of thiophene rings is 1. The summed E-state index contributed by atoms with van der Waals surface area (Å²) in [4.78, 5) is 19.2. The van der Waals surface area contributed by atoms with Crippen molar-refractivity contribution < 1.29 is 13.9 Å². The zero-order valence-electron chi connectivity index (χ0n) is 13.2. The van der Waals surface area contributed by atoms with Crippen LogP contribution >= 0.6 is 34.3 Å². The van der Waals surface area contributed by atoms with Crippen molar-refractivity contribution in [1.82, 2.24) is 9.88 Å². The van der Waals surface area contributed by atoms with E-state index in [0.717, 1.165) is 9.88 Å². The first-order chi connectivity index (χ1) is 12.0. The lowest BCUT2D eigenvalue weighted by molar-refractivity contribution is 0.0768. The summed E-state index contributed by atoms with van der Waals surface area (Å²) < 4.78 is 19.5. The molecule has 0 atom stereocenters. The van der Waals surface area contributed by atoms with Crippen LogP contribution in [0, 0.1) is 5.82 Å². The maximum absolute atomic E-state index is 13.5. The first-order valence-corrected chi connectivity index (χ1v) is 9.46. The Hall–Kier alpha value is -1.96. The highest BCUT2D eigenvalue weighted by molar-refractivity contribution is 7.23. The van der Waals surface area contributed by atoms with E-state index >= 15 is 0 Å². The van der Waals surface area contributed by atoms with E-state index in [2.05, 4.69) is 4.98 Å². The Morgan fingerprint density at radius 1 is 1.32 bits per heavy atom. The summed E-state index contributed by atoms with van der Waals surface area (Å²) in [5.41, 5.74) is 0.373. The van der Waals surface area contributed by atoms with E-state index in [1.807, 2.05) is 6.07 Å². The van der Waals surface area contributed by atoms with Gasteiger partial charge in [-0.2, -0.15) is 0 Å². The quantitative estimate of drug-likeness (QED) is 0.600. The van der Waals surface area contributed by atoms with E-state index in [1.54, 1.807) is 36.7 Å². The molecular weight excluding hydrogens is 383 g/mol. The maximum atomic E-state index is 13.5. The molecule has 3 rings (SSSR count). The lowest BCUT2D eigenvalue weighted by atomic mass is 10.3. The standard InChI is InChI=1S/C17H14ClFN2O2S2/c1-21(8-9-23-13-5-3-2-4-11(13)19)17(22)12-10-24-16(20-12)14-6-7-15(18)25-14/h2-7,10H,8-9H2,1H3. The van der Waals surface area contributed by atoms with E-state index in [4.69, 9.17) is 16.3 Å². The van der Waals surface area contributed by atoms with Crippen LogP contribution in [0.4, 0.5) is 4.39 Å². The summed E-state index contributed by atoms with van der Waals surface area (Å²) >= 11 is 8.75. The number of hydrogen-bond donors (Lipinski definition) is 0. The number of nitrogens with zero attached hydrogens (tertiary/aromatic N) is 2. The second kappa shape index (κ2) is 7.95. The molecule has 25 heavy (non-hydrogen) atoms. The van der Waals surface area contributed by atoms with Crippen LogP contribution < -0.4 is 4.74 Å². The van der Waals surface area contributed by atoms with E-state index in [0.29, 0.717) is 16.6 Å². The van der Waals surface area contributed by atoms with Gasteiger partial charge in [-0.3, -0.25) is 4.79 Å². The molecule has 2 aromatic heterocycles. The monoisotopic (exact) mass is 396 g/mol. The molecule has 3 aromatic rings. The SMILES string of the molecule is CN(CCOc1ccccc1F)C(=O)c1csc(-c2ccc(Cl)s2)n1. The molecule has 0 bridgehead atoms. The van der Waals surface area contributed by atoms with Crippen LogP contribution in [0.2, 0.25) is 4.34 Å². The number of amides is 1. The average molecular weight is 397 g/mol. The number of para-hydroxylation sites is 1. The summed E-state index contributed by atoms with van der Waals surface area (Å²) in [5.74, 6) is -0.452. The van der Waals surface area contributed by atoms with Crippen LogP contribution in [-0.4, -0.2) is 36.0 Å². The molecule has 0 unspecified atom stereocenters. The van der Waals surface area contributed by atoms with Crippen LogP contribution in [0.15, 0.2) is 41.8 Å². The number of ether oxygens (including phenoxy) is 1. The van der Waals surface area contributed by atoms with Crippen LogP contribution in [0.25, 0.3) is 9.88 Å². The lowest BCUT2D eigenvalue weighted by Gasteiger charge is -2.16. The number of benzene rings is 1. The van der Waals surface area contributed by atoms with Crippen LogP contribution in [0.1, 0.15) is 10.5 Å². The fourth-order valence-corrected chi connectivity index (χ4v) is 3.97. The van der Waals surface area contributed by atoms with Crippen molar-refractivity contribution in [2.24, 2.45) is 0 Å². The highest BCUT2D eigenvalue weighted by Gasteiger charge is 2.17. The van der Waals surface area contributed by atoms with E-state index in [9.17, 15) is 9.18 Å². The van der Waals surface area contributed by atoms with E-state index < -0.39 is 5.82 Å². The molecule has 0 aliphatic carbocycles. The van der Waals surface area contributed by atoms with Crippen molar-refractivity contribution in [2.45, 2.75) is 0 Å². The number of carbonyl (C=O) groups excluding carboxylic acids is 1. The van der Waals surface area contributed by atoms with Crippen molar-refractivity contribution in [1.29, 1.82) is 0 Å². The third-order valence-electron chi connectivity index (χ3n) is 3.37. The van der Waals surface area contributed by atoms with Crippen LogP contribution in [0.5, 0.6) is 5.75 Å². The Morgan fingerprint density at radius 3 is 2.84 bits per heavy atom. The third kappa shape index (κ3) is 4.36. The van der Waals surface area contributed by atoms with Gasteiger partial charge >= 0.3 is 0 Å². The smallest absolute Gasteiger partial charge is 0.273 e. The molecule has 0 N–H and O–H groups in total. The molecule has 0 aliphatic rings. The molecule has 2 heterocycles. The molecule has 0 spiro atoms. The molecule has 1 aromatic carbocycles. The summed E-state index contributed by atoms with van der Waals surface area (Å²) in [7, 11) is 1.66. The van der Waals surface area contributed by atoms with Gasteiger partial charge < -0.3 is 9.64 Å². The van der Waals surface area contributed by atoms with Crippen LogP contribution in [-0.2, 0) is 0 Å². The number of likely N-dealkylation sites (N-methyl/N-ethyl adjacent to an activating group) is 1. The molecule has 0 saturated carbocycles. The van der Waals surface area contributed by atoms with Crippen molar-refractivity contribution in [3.8, 4) is 15.6 Å². The fourth-order valence-electron chi connectivity index (χ4n) is 2.07. The van der Waals surface area contributed by atoms with Crippen LogP contribution in [0.3, 0.4) is 0 Å². The fraction of sp³-hybridized carbons (Fsp3) is 0.176. The molecule has 0 radical (unpaired) electrons. The number of carbonyl (C=O) groups is 1. The largest absolute Gasteiger partial charge is 0.489 e. The number of hydrogen-bond acceptors (Lipinski definition) is 5. The van der Waals surface area contributed by atoms with Crippen molar-refractivity contribution in [2.75, 3.05) is 20.2 Å². The van der Waals surface area contributed by atoms with Gasteiger partial charge in [-0.1, -0.05) is 23.7 Å². The second-order valence-electron chi connectivity index (χ2n) is 5.15. The van der Waals surface area contributed by atoms with Gasteiger partial charge in [0.15, 0.2) is 11.6 Å².